The maximum Gasteiger partial charge on any atom is 0.262 e. The molecule has 0 bridgehead atoms. The zero-order valence-corrected chi connectivity index (χ0v) is 18.2. The number of aromatic nitrogens is 2. The number of hydrogen-bond acceptors (Lipinski definition) is 5. The van der Waals surface area contributed by atoms with Crippen LogP contribution in [-0.2, 0) is 17.8 Å². The van der Waals surface area contributed by atoms with Gasteiger partial charge in [0.15, 0.2) is 5.16 Å². The minimum absolute atomic E-state index is 0.0666. The Morgan fingerprint density at radius 2 is 2.18 bits per heavy atom. The van der Waals surface area contributed by atoms with Crippen molar-refractivity contribution in [3.8, 4) is 0 Å². The number of halogens is 1. The van der Waals surface area contributed by atoms with Gasteiger partial charge in [-0.05, 0) is 42.0 Å². The quantitative estimate of drug-likeness (QED) is 0.425. The predicted octanol–water partition coefficient (Wildman–Crippen LogP) is 4.22. The first-order valence-electron chi connectivity index (χ1n) is 9.06. The van der Waals surface area contributed by atoms with Crippen LogP contribution in [-0.4, -0.2) is 27.8 Å². The fourth-order valence-corrected chi connectivity index (χ4v) is 4.49. The molecular weight excluding hydrogens is 414 g/mol. The van der Waals surface area contributed by atoms with Crippen LogP contribution in [0.1, 0.15) is 18.7 Å². The fourth-order valence-electron chi connectivity index (χ4n) is 2.77. The van der Waals surface area contributed by atoms with Gasteiger partial charge in [0.25, 0.3) is 5.56 Å². The number of carbonyl (C=O) groups excluding carboxylic acids is 1. The van der Waals surface area contributed by atoms with Gasteiger partial charge in [0.2, 0.25) is 5.91 Å². The summed E-state index contributed by atoms with van der Waals surface area (Å²) in [5, 5.41) is 6.52. The summed E-state index contributed by atoms with van der Waals surface area (Å²) in [7, 11) is 0. The molecule has 0 atom stereocenters. The molecule has 3 aromatic rings. The second-order valence-electron chi connectivity index (χ2n) is 6.83. The average molecular weight is 436 g/mol. The molecule has 0 aliphatic carbocycles. The standard InChI is InChI=1S/C20H22ClN3O2S2/c1-13(2)11-24-19(26)16-10-14(21)5-6-17(16)23-20(24)28-12-18(25)22-8-7-15-4-3-9-27-15/h3-6,9-10,13H,7-8,11-12H2,1-2H3,(H,22,25). The number of thioether (sulfide) groups is 1. The van der Waals surface area contributed by atoms with Gasteiger partial charge in [0, 0.05) is 23.0 Å². The van der Waals surface area contributed by atoms with Crippen molar-refractivity contribution in [2.24, 2.45) is 5.92 Å². The van der Waals surface area contributed by atoms with Crippen molar-refractivity contribution >= 4 is 51.5 Å². The summed E-state index contributed by atoms with van der Waals surface area (Å²) in [5.74, 6) is 0.423. The highest BCUT2D eigenvalue weighted by Crippen LogP contribution is 2.21. The van der Waals surface area contributed by atoms with E-state index in [4.69, 9.17) is 11.6 Å². The number of carbonyl (C=O) groups is 1. The topological polar surface area (TPSA) is 64.0 Å². The average Bonchev–Trinajstić information content (AvgIpc) is 3.16. The van der Waals surface area contributed by atoms with Crippen LogP contribution in [0.5, 0.6) is 0 Å². The normalized spacial score (nSPS) is 11.3. The largest absolute Gasteiger partial charge is 0.355 e. The molecule has 0 fully saturated rings. The first-order valence-corrected chi connectivity index (χ1v) is 11.3. The molecule has 0 unspecified atom stereocenters. The Morgan fingerprint density at radius 1 is 1.36 bits per heavy atom. The van der Waals surface area contributed by atoms with E-state index in [1.807, 2.05) is 25.3 Å². The van der Waals surface area contributed by atoms with Crippen LogP contribution in [0.25, 0.3) is 10.9 Å². The molecule has 1 aromatic carbocycles. The molecule has 0 saturated heterocycles. The SMILES string of the molecule is CC(C)Cn1c(SCC(=O)NCCc2cccs2)nc2ccc(Cl)cc2c1=O. The minimum atomic E-state index is -0.123. The number of amides is 1. The van der Waals surface area contributed by atoms with E-state index >= 15 is 0 Å². The highest BCUT2D eigenvalue weighted by atomic mass is 35.5. The second kappa shape index (κ2) is 9.58. The van der Waals surface area contributed by atoms with E-state index in [0.29, 0.717) is 34.2 Å². The summed E-state index contributed by atoms with van der Waals surface area (Å²) in [5.41, 5.74) is 0.469. The number of rotatable bonds is 8. The maximum absolute atomic E-state index is 12.9. The number of thiophene rings is 1. The number of hydrogen-bond donors (Lipinski definition) is 1. The Kier molecular flexibility index (Phi) is 7.15. The van der Waals surface area contributed by atoms with E-state index in [0.717, 1.165) is 6.42 Å². The lowest BCUT2D eigenvalue weighted by Gasteiger charge is -2.15. The first kappa shape index (κ1) is 20.9. The van der Waals surface area contributed by atoms with Crippen molar-refractivity contribution in [2.45, 2.75) is 32.0 Å². The molecule has 8 heteroatoms. The Balaban J connectivity index is 1.72. The van der Waals surface area contributed by atoms with Crippen LogP contribution in [0, 0.1) is 5.92 Å². The van der Waals surface area contributed by atoms with Crippen molar-refractivity contribution in [1.29, 1.82) is 0 Å². The number of nitrogens with one attached hydrogen (secondary N) is 1. The van der Waals surface area contributed by atoms with Crippen LogP contribution in [0.2, 0.25) is 5.02 Å². The molecule has 2 aromatic heterocycles. The zero-order valence-electron chi connectivity index (χ0n) is 15.8. The molecule has 5 nitrogen and oxygen atoms in total. The highest BCUT2D eigenvalue weighted by molar-refractivity contribution is 7.99. The molecular formula is C20H22ClN3O2S2. The van der Waals surface area contributed by atoms with Crippen molar-refractivity contribution in [3.63, 3.8) is 0 Å². The van der Waals surface area contributed by atoms with Gasteiger partial charge in [-0.1, -0.05) is 43.3 Å². The molecule has 1 N–H and O–H groups in total. The summed E-state index contributed by atoms with van der Waals surface area (Å²) in [4.78, 5) is 31.0. The smallest absolute Gasteiger partial charge is 0.262 e. The number of benzene rings is 1. The van der Waals surface area contributed by atoms with Crippen LogP contribution in [0.3, 0.4) is 0 Å². The summed E-state index contributed by atoms with van der Waals surface area (Å²) >= 11 is 9.01. The van der Waals surface area contributed by atoms with Crippen LogP contribution in [0.15, 0.2) is 45.7 Å². The maximum atomic E-state index is 12.9. The molecule has 0 aliphatic rings. The Hall–Kier alpha value is -1.83. The molecule has 0 radical (unpaired) electrons. The van der Waals surface area contributed by atoms with Gasteiger partial charge in [-0.25, -0.2) is 4.98 Å². The van der Waals surface area contributed by atoms with E-state index in [2.05, 4.69) is 16.4 Å². The minimum Gasteiger partial charge on any atom is -0.355 e. The lowest BCUT2D eigenvalue weighted by Crippen LogP contribution is -2.29. The molecule has 0 saturated carbocycles. The van der Waals surface area contributed by atoms with E-state index in [1.54, 1.807) is 34.1 Å². The third-order valence-corrected chi connectivity index (χ3v) is 6.18. The van der Waals surface area contributed by atoms with Crippen LogP contribution >= 0.6 is 34.7 Å². The predicted molar refractivity (Wildman–Crippen MR) is 118 cm³/mol. The molecule has 0 spiro atoms. The monoisotopic (exact) mass is 435 g/mol. The fraction of sp³-hybridized carbons (Fsp3) is 0.350. The van der Waals surface area contributed by atoms with Crippen molar-refractivity contribution in [1.82, 2.24) is 14.9 Å². The van der Waals surface area contributed by atoms with E-state index in [9.17, 15) is 9.59 Å². The molecule has 2 heterocycles. The highest BCUT2D eigenvalue weighted by Gasteiger charge is 2.14. The number of fused-ring (bicyclic) bond motifs is 1. The summed E-state index contributed by atoms with van der Waals surface area (Å²) < 4.78 is 1.65. The Labute approximate surface area is 177 Å². The molecule has 1 amide bonds. The van der Waals surface area contributed by atoms with Gasteiger partial charge in [-0.2, -0.15) is 0 Å². The van der Waals surface area contributed by atoms with Gasteiger partial charge in [0.05, 0.1) is 16.7 Å². The van der Waals surface area contributed by atoms with E-state index in [-0.39, 0.29) is 23.1 Å². The molecule has 148 valence electrons. The van der Waals surface area contributed by atoms with E-state index < -0.39 is 0 Å². The van der Waals surface area contributed by atoms with Crippen molar-refractivity contribution in [3.05, 3.63) is 56.0 Å². The first-order chi connectivity index (χ1) is 13.4. The summed E-state index contributed by atoms with van der Waals surface area (Å²) in [6, 6.07) is 9.17. The molecule has 28 heavy (non-hydrogen) atoms. The third kappa shape index (κ3) is 5.37. The lowest BCUT2D eigenvalue weighted by atomic mass is 10.2. The second-order valence-corrected chi connectivity index (χ2v) is 9.24. The lowest BCUT2D eigenvalue weighted by molar-refractivity contribution is -0.118. The zero-order chi connectivity index (χ0) is 20.1. The number of nitrogens with zero attached hydrogens (tertiary/aromatic N) is 2. The molecule has 3 rings (SSSR count). The molecule has 0 aliphatic heterocycles. The van der Waals surface area contributed by atoms with Crippen molar-refractivity contribution in [2.75, 3.05) is 12.3 Å². The van der Waals surface area contributed by atoms with Gasteiger partial charge in [-0.15, -0.1) is 11.3 Å². The van der Waals surface area contributed by atoms with Gasteiger partial charge in [0.1, 0.15) is 0 Å². The third-order valence-electron chi connectivity index (χ3n) is 4.03. The van der Waals surface area contributed by atoms with Crippen LogP contribution < -0.4 is 10.9 Å². The Morgan fingerprint density at radius 3 is 2.89 bits per heavy atom. The Bertz CT molecular complexity index is 1020. The van der Waals surface area contributed by atoms with Gasteiger partial charge < -0.3 is 5.32 Å². The summed E-state index contributed by atoms with van der Waals surface area (Å²) in [6.45, 7) is 5.22. The summed E-state index contributed by atoms with van der Waals surface area (Å²) in [6.07, 6.45) is 0.821. The van der Waals surface area contributed by atoms with Gasteiger partial charge in [-0.3, -0.25) is 14.2 Å². The van der Waals surface area contributed by atoms with Gasteiger partial charge >= 0.3 is 0 Å². The van der Waals surface area contributed by atoms with Crippen LogP contribution in [0.4, 0.5) is 0 Å². The van der Waals surface area contributed by atoms with E-state index in [1.165, 1.54) is 16.6 Å². The van der Waals surface area contributed by atoms with Crippen molar-refractivity contribution < 1.29 is 4.79 Å².